The van der Waals surface area contributed by atoms with E-state index in [2.05, 4.69) is 29.0 Å². The number of urea groups is 1. The molecule has 3 heterocycles. The Bertz CT molecular complexity index is 519. The van der Waals surface area contributed by atoms with Crippen LogP contribution in [0.5, 0.6) is 0 Å². The molecule has 7 heteroatoms. The van der Waals surface area contributed by atoms with E-state index in [0.717, 1.165) is 76.8 Å². The van der Waals surface area contributed by atoms with E-state index in [1.807, 2.05) is 9.80 Å². The van der Waals surface area contributed by atoms with Crippen molar-refractivity contribution in [3.05, 3.63) is 0 Å². The van der Waals surface area contributed by atoms with Crippen molar-refractivity contribution < 1.29 is 9.59 Å². The number of amides is 3. The zero-order chi connectivity index (χ0) is 20.6. The van der Waals surface area contributed by atoms with Crippen LogP contribution >= 0.6 is 0 Å². The molecule has 0 aliphatic carbocycles. The lowest BCUT2D eigenvalue weighted by Crippen LogP contribution is -2.53. The second-order valence-electron chi connectivity index (χ2n) is 9.50. The molecule has 0 aromatic rings. The first-order valence-corrected chi connectivity index (χ1v) is 11.8. The zero-order valence-electron chi connectivity index (χ0n) is 18.6. The van der Waals surface area contributed by atoms with Crippen molar-refractivity contribution in [1.82, 2.24) is 24.9 Å². The van der Waals surface area contributed by atoms with Crippen molar-refractivity contribution in [3.8, 4) is 0 Å². The number of rotatable bonds is 7. The Labute approximate surface area is 176 Å². The Balaban J connectivity index is 1.24. The van der Waals surface area contributed by atoms with E-state index >= 15 is 0 Å². The van der Waals surface area contributed by atoms with Crippen LogP contribution in [0.25, 0.3) is 0 Å². The number of hydrogen-bond donors (Lipinski definition) is 1. The SMILES string of the molecule is CC1CC(C)CN(CCCCNC(=O)N2CCN(CC(=O)N3CCCC3)CC2)C1. The lowest BCUT2D eigenvalue weighted by Gasteiger charge is -2.35. The highest BCUT2D eigenvalue weighted by molar-refractivity contribution is 5.78. The molecule has 1 N–H and O–H groups in total. The molecule has 3 rings (SSSR count). The summed E-state index contributed by atoms with van der Waals surface area (Å²) in [5, 5.41) is 3.08. The van der Waals surface area contributed by atoms with Crippen molar-refractivity contribution in [2.75, 3.05) is 72.0 Å². The Morgan fingerprint density at radius 2 is 1.48 bits per heavy atom. The molecule has 3 aliphatic heterocycles. The summed E-state index contributed by atoms with van der Waals surface area (Å²) in [7, 11) is 0. The fourth-order valence-corrected chi connectivity index (χ4v) is 5.11. The number of carbonyl (C=O) groups excluding carboxylic acids is 2. The lowest BCUT2D eigenvalue weighted by atomic mass is 9.92. The van der Waals surface area contributed by atoms with Gasteiger partial charge in [-0.25, -0.2) is 4.79 Å². The van der Waals surface area contributed by atoms with Crippen molar-refractivity contribution in [2.45, 2.75) is 46.0 Å². The summed E-state index contributed by atoms with van der Waals surface area (Å²) in [5.41, 5.74) is 0. The van der Waals surface area contributed by atoms with E-state index in [1.165, 1.54) is 19.5 Å². The van der Waals surface area contributed by atoms with Crippen LogP contribution in [-0.2, 0) is 4.79 Å². The normalized spacial score (nSPS) is 26.7. The van der Waals surface area contributed by atoms with Gasteiger partial charge in [-0.1, -0.05) is 13.8 Å². The van der Waals surface area contributed by atoms with Gasteiger partial charge in [0, 0.05) is 58.9 Å². The van der Waals surface area contributed by atoms with E-state index < -0.39 is 0 Å². The molecule has 7 nitrogen and oxygen atoms in total. The highest BCUT2D eigenvalue weighted by Gasteiger charge is 2.25. The van der Waals surface area contributed by atoms with Crippen LogP contribution in [0.4, 0.5) is 4.79 Å². The molecule has 2 atom stereocenters. The monoisotopic (exact) mass is 407 g/mol. The summed E-state index contributed by atoms with van der Waals surface area (Å²) in [4.78, 5) is 33.3. The van der Waals surface area contributed by atoms with Gasteiger partial charge in [-0.05, 0) is 50.5 Å². The molecule has 2 unspecified atom stereocenters. The van der Waals surface area contributed by atoms with Crippen LogP contribution in [0.3, 0.4) is 0 Å². The molecular formula is C22H41N5O2. The number of likely N-dealkylation sites (tertiary alicyclic amines) is 2. The topological polar surface area (TPSA) is 59.1 Å². The second-order valence-corrected chi connectivity index (χ2v) is 9.50. The van der Waals surface area contributed by atoms with E-state index in [1.54, 1.807) is 0 Å². The lowest BCUT2D eigenvalue weighted by molar-refractivity contribution is -0.131. The van der Waals surface area contributed by atoms with Crippen LogP contribution < -0.4 is 5.32 Å². The summed E-state index contributed by atoms with van der Waals surface area (Å²) in [5.74, 6) is 1.86. The predicted molar refractivity (Wildman–Crippen MR) is 116 cm³/mol. The van der Waals surface area contributed by atoms with Crippen molar-refractivity contribution in [2.24, 2.45) is 11.8 Å². The van der Waals surface area contributed by atoms with Gasteiger partial charge in [0.25, 0.3) is 0 Å². The maximum atomic E-state index is 12.4. The molecule has 166 valence electrons. The number of hydrogen-bond acceptors (Lipinski definition) is 4. The van der Waals surface area contributed by atoms with E-state index in [-0.39, 0.29) is 11.9 Å². The summed E-state index contributed by atoms with van der Waals surface area (Å²) in [6.07, 6.45) is 5.81. The van der Waals surface area contributed by atoms with Gasteiger partial charge in [-0.15, -0.1) is 0 Å². The molecule has 0 aromatic heterocycles. The van der Waals surface area contributed by atoms with Crippen LogP contribution in [0.2, 0.25) is 0 Å². The summed E-state index contributed by atoms with van der Waals surface area (Å²) < 4.78 is 0. The number of nitrogens with zero attached hydrogens (tertiary/aromatic N) is 4. The van der Waals surface area contributed by atoms with Crippen LogP contribution in [-0.4, -0.2) is 104 Å². The third kappa shape index (κ3) is 7.14. The van der Waals surface area contributed by atoms with E-state index in [4.69, 9.17) is 0 Å². The Morgan fingerprint density at radius 3 is 2.14 bits per heavy atom. The van der Waals surface area contributed by atoms with Gasteiger partial charge < -0.3 is 20.0 Å². The third-order valence-electron chi connectivity index (χ3n) is 6.60. The Hall–Kier alpha value is -1.34. The van der Waals surface area contributed by atoms with Crippen molar-refractivity contribution >= 4 is 11.9 Å². The molecule has 3 saturated heterocycles. The molecule has 3 amide bonds. The van der Waals surface area contributed by atoms with Crippen LogP contribution in [0, 0.1) is 11.8 Å². The van der Waals surface area contributed by atoms with Crippen molar-refractivity contribution in [1.29, 1.82) is 0 Å². The maximum absolute atomic E-state index is 12.4. The molecular weight excluding hydrogens is 366 g/mol. The largest absolute Gasteiger partial charge is 0.342 e. The maximum Gasteiger partial charge on any atom is 0.317 e. The first-order valence-electron chi connectivity index (χ1n) is 11.8. The first-order chi connectivity index (χ1) is 14.0. The quantitative estimate of drug-likeness (QED) is 0.653. The van der Waals surface area contributed by atoms with Gasteiger partial charge in [0.2, 0.25) is 5.91 Å². The molecule has 29 heavy (non-hydrogen) atoms. The van der Waals surface area contributed by atoms with Crippen LogP contribution in [0.1, 0.15) is 46.0 Å². The molecule has 0 bridgehead atoms. The first kappa shape index (κ1) is 22.3. The van der Waals surface area contributed by atoms with E-state index in [9.17, 15) is 9.59 Å². The van der Waals surface area contributed by atoms with Crippen molar-refractivity contribution in [3.63, 3.8) is 0 Å². The highest BCUT2D eigenvalue weighted by Crippen LogP contribution is 2.21. The van der Waals surface area contributed by atoms with Gasteiger partial charge in [-0.3, -0.25) is 9.69 Å². The number of piperazine rings is 1. The summed E-state index contributed by atoms with van der Waals surface area (Å²) >= 11 is 0. The molecule has 3 aliphatic rings. The minimum Gasteiger partial charge on any atom is -0.342 e. The van der Waals surface area contributed by atoms with Gasteiger partial charge in [0.1, 0.15) is 0 Å². The number of piperidine rings is 1. The average molecular weight is 408 g/mol. The predicted octanol–water partition coefficient (Wildman–Crippen LogP) is 1.69. The zero-order valence-corrected chi connectivity index (χ0v) is 18.6. The van der Waals surface area contributed by atoms with Gasteiger partial charge in [0.05, 0.1) is 6.54 Å². The molecule has 3 fully saturated rings. The minimum atomic E-state index is 0.0516. The van der Waals surface area contributed by atoms with Gasteiger partial charge in [-0.2, -0.15) is 0 Å². The summed E-state index contributed by atoms with van der Waals surface area (Å²) in [6.45, 7) is 14.4. The molecule has 0 radical (unpaired) electrons. The molecule has 0 saturated carbocycles. The molecule has 0 aromatic carbocycles. The Kier molecular flexibility index (Phi) is 8.60. The third-order valence-corrected chi connectivity index (χ3v) is 6.60. The fourth-order valence-electron chi connectivity index (χ4n) is 5.11. The highest BCUT2D eigenvalue weighted by atomic mass is 16.2. The number of carbonyl (C=O) groups is 2. The summed E-state index contributed by atoms with van der Waals surface area (Å²) in [6, 6.07) is 0.0516. The second kappa shape index (κ2) is 11.2. The van der Waals surface area contributed by atoms with Gasteiger partial charge in [0.15, 0.2) is 0 Å². The van der Waals surface area contributed by atoms with E-state index in [0.29, 0.717) is 19.6 Å². The smallest absolute Gasteiger partial charge is 0.317 e. The Morgan fingerprint density at radius 1 is 0.828 bits per heavy atom. The standard InChI is InChI=1S/C22H41N5O2/c1-19-15-20(2)17-25(16-19)8-4-3-7-23-22(29)27-13-11-24(12-14-27)18-21(28)26-9-5-6-10-26/h19-20H,3-18H2,1-2H3,(H,23,29). The van der Waals surface area contributed by atoms with Crippen LogP contribution in [0.15, 0.2) is 0 Å². The molecule has 0 spiro atoms. The fraction of sp³-hybridized carbons (Fsp3) is 0.909. The minimum absolute atomic E-state index is 0.0516. The number of nitrogens with one attached hydrogen (secondary N) is 1. The average Bonchev–Trinajstić information content (AvgIpc) is 3.22. The van der Waals surface area contributed by atoms with Gasteiger partial charge >= 0.3 is 6.03 Å². The number of unbranched alkanes of at least 4 members (excludes halogenated alkanes) is 1.